The Kier molecular flexibility index (Phi) is 9.49. The van der Waals surface area contributed by atoms with Crippen molar-refractivity contribution >= 4 is 33.5 Å². The zero-order valence-corrected chi connectivity index (χ0v) is 32.2. The van der Waals surface area contributed by atoms with Gasteiger partial charge in [0.05, 0.1) is 17.7 Å². The number of hydrogen-bond donors (Lipinski definition) is 1. The summed E-state index contributed by atoms with van der Waals surface area (Å²) in [5, 5.41) is 15.2. The number of benzene rings is 2. The average molecular weight is 815 g/mol. The van der Waals surface area contributed by atoms with E-state index in [0.717, 1.165) is 73.0 Å². The second-order valence-electron chi connectivity index (χ2n) is 15.1. The molecule has 0 radical (unpaired) electrons. The maximum atomic E-state index is 16.7. The van der Waals surface area contributed by atoms with Crippen molar-refractivity contribution in [2.24, 2.45) is 7.05 Å². The lowest BCUT2D eigenvalue weighted by Gasteiger charge is -2.30. The number of aromatic amines is 1. The molecule has 4 aromatic heterocycles. The van der Waals surface area contributed by atoms with E-state index in [1.807, 2.05) is 47.0 Å². The largest absolute Gasteiger partial charge is 0.361 e. The van der Waals surface area contributed by atoms with Crippen molar-refractivity contribution in [1.82, 2.24) is 39.7 Å². The van der Waals surface area contributed by atoms with Crippen LogP contribution in [-0.2, 0) is 33.9 Å². The van der Waals surface area contributed by atoms with Crippen LogP contribution >= 0.6 is 22.6 Å². The standard InChI is InChI=1S/C40H44FIN8O2/c1-39(2)15-6-7-16-40(3,26-10-9-11-27(42)21-26)38-45-37(49(4)47-38)32-20-25(13-17-44-32)36(52-34-12-5-8-19-51-34)35-29(23-50-24-33(39)46-48-50)28-14-18-43-31(28)22-30(35)41/h9-11,13-14,17-18,20-22,24,34,36,43H,5-8,12,15-16,19,23H2,1-4H3/t34?,36?,40-/m1/s1. The third-order valence-electron chi connectivity index (χ3n) is 11.0. The minimum absolute atomic E-state index is 0.223. The molecule has 2 aliphatic heterocycles. The molecule has 2 aliphatic rings. The Bertz CT molecular complexity index is 2220. The minimum atomic E-state index is -0.801. The first-order chi connectivity index (χ1) is 25.1. The van der Waals surface area contributed by atoms with Crippen LogP contribution in [0.25, 0.3) is 22.4 Å². The van der Waals surface area contributed by atoms with Crippen LogP contribution in [0.15, 0.2) is 67.1 Å². The van der Waals surface area contributed by atoms with E-state index in [1.54, 1.807) is 12.3 Å². The molecule has 1 saturated heterocycles. The van der Waals surface area contributed by atoms with Crippen molar-refractivity contribution in [3.63, 3.8) is 0 Å². The number of nitrogens with zero attached hydrogens (tertiary/aromatic N) is 7. The van der Waals surface area contributed by atoms with E-state index in [2.05, 4.69) is 82.9 Å². The van der Waals surface area contributed by atoms with Gasteiger partial charge in [0.1, 0.15) is 17.6 Å². The van der Waals surface area contributed by atoms with Gasteiger partial charge in [-0.15, -0.1) is 5.10 Å². The van der Waals surface area contributed by atoms with Crippen molar-refractivity contribution in [3.8, 4) is 11.5 Å². The number of aryl methyl sites for hydroxylation is 1. The summed E-state index contributed by atoms with van der Waals surface area (Å²) in [6, 6.07) is 16.0. The van der Waals surface area contributed by atoms with Crippen molar-refractivity contribution in [2.45, 2.75) is 95.5 Å². The molecule has 52 heavy (non-hydrogen) atoms. The zero-order valence-electron chi connectivity index (χ0n) is 30.1. The number of rotatable bonds is 3. The van der Waals surface area contributed by atoms with Crippen LogP contribution in [0.2, 0.25) is 0 Å². The highest BCUT2D eigenvalue weighted by Crippen LogP contribution is 2.41. The fraction of sp³-hybridized carbons (Fsp3) is 0.425. The van der Waals surface area contributed by atoms with Gasteiger partial charge in [-0.3, -0.25) is 4.98 Å². The molecule has 0 aliphatic carbocycles. The Morgan fingerprint density at radius 1 is 1.04 bits per heavy atom. The summed E-state index contributed by atoms with van der Waals surface area (Å²) in [4.78, 5) is 13.2. The fourth-order valence-corrected chi connectivity index (χ4v) is 8.35. The van der Waals surface area contributed by atoms with Gasteiger partial charge in [0.25, 0.3) is 0 Å². The molecule has 3 atom stereocenters. The van der Waals surface area contributed by atoms with Gasteiger partial charge in [0, 0.05) is 57.7 Å². The van der Waals surface area contributed by atoms with Crippen molar-refractivity contribution in [1.29, 1.82) is 0 Å². The average Bonchev–Trinajstić information content (AvgIpc) is 3.90. The smallest absolute Gasteiger partial charge is 0.176 e. The molecule has 0 spiro atoms. The highest BCUT2D eigenvalue weighted by atomic mass is 127. The highest BCUT2D eigenvalue weighted by molar-refractivity contribution is 14.1. The first-order valence-corrected chi connectivity index (χ1v) is 19.3. The Morgan fingerprint density at radius 2 is 1.90 bits per heavy atom. The summed E-state index contributed by atoms with van der Waals surface area (Å²) in [5.41, 5.74) is 4.72. The summed E-state index contributed by atoms with van der Waals surface area (Å²) < 4.78 is 34.5. The van der Waals surface area contributed by atoms with Crippen LogP contribution < -0.4 is 0 Å². The lowest BCUT2D eigenvalue weighted by molar-refractivity contribution is -0.182. The number of fused-ring (bicyclic) bond motifs is 10. The molecule has 2 unspecified atom stereocenters. The predicted molar refractivity (Wildman–Crippen MR) is 205 cm³/mol. The van der Waals surface area contributed by atoms with E-state index in [0.29, 0.717) is 35.8 Å². The molecular formula is C40H44FIN8O2. The Balaban J connectivity index is 1.32. The number of aromatic nitrogens is 8. The number of ether oxygens (including phenoxy) is 2. The van der Waals surface area contributed by atoms with Gasteiger partial charge in [-0.2, -0.15) is 5.10 Å². The second-order valence-corrected chi connectivity index (χ2v) is 16.3. The molecule has 6 heterocycles. The molecule has 0 amide bonds. The van der Waals surface area contributed by atoms with Crippen LogP contribution in [0.5, 0.6) is 0 Å². The molecule has 10 nitrogen and oxygen atoms in total. The topological polar surface area (TPSA) is 109 Å². The third-order valence-corrected chi connectivity index (χ3v) is 11.6. The monoisotopic (exact) mass is 814 g/mol. The van der Waals surface area contributed by atoms with Gasteiger partial charge in [-0.05, 0) is 115 Å². The van der Waals surface area contributed by atoms with E-state index in [9.17, 15) is 0 Å². The Morgan fingerprint density at radius 3 is 2.73 bits per heavy atom. The zero-order chi connectivity index (χ0) is 36.0. The normalized spacial score (nSPS) is 22.3. The molecule has 270 valence electrons. The lowest BCUT2D eigenvalue weighted by atomic mass is 9.76. The number of pyridine rings is 1. The molecule has 0 saturated carbocycles. The van der Waals surface area contributed by atoms with Crippen LogP contribution in [0.4, 0.5) is 4.39 Å². The van der Waals surface area contributed by atoms with Gasteiger partial charge in [0.15, 0.2) is 17.9 Å². The van der Waals surface area contributed by atoms with Gasteiger partial charge in [0.2, 0.25) is 0 Å². The molecule has 6 bridgehead atoms. The number of hydrogen-bond acceptors (Lipinski definition) is 7. The van der Waals surface area contributed by atoms with Gasteiger partial charge in [-0.25, -0.2) is 18.7 Å². The second kappa shape index (κ2) is 14.1. The van der Waals surface area contributed by atoms with Gasteiger partial charge >= 0.3 is 0 Å². The molecular weight excluding hydrogens is 770 g/mol. The number of halogens is 2. The molecule has 8 rings (SSSR count). The summed E-state index contributed by atoms with van der Waals surface area (Å²) in [6.45, 7) is 7.61. The van der Waals surface area contributed by atoms with E-state index in [4.69, 9.17) is 24.5 Å². The SMILES string of the molecule is Cn1nc2nc1-c1cc(ccn1)C(OC1CCCCO1)c1c(F)cc3[nH]ccc3c1Cn1cc(nn1)C(C)(C)CCCC[C@]2(C)c1cccc(I)c1. The van der Waals surface area contributed by atoms with E-state index in [-0.39, 0.29) is 11.2 Å². The summed E-state index contributed by atoms with van der Waals surface area (Å²) >= 11 is 2.37. The van der Waals surface area contributed by atoms with Gasteiger partial charge < -0.3 is 14.5 Å². The number of nitrogens with one attached hydrogen (secondary N) is 1. The van der Waals surface area contributed by atoms with Crippen LogP contribution in [0, 0.1) is 9.39 Å². The van der Waals surface area contributed by atoms with Crippen LogP contribution in [0.1, 0.15) is 106 Å². The third kappa shape index (κ3) is 6.69. The van der Waals surface area contributed by atoms with E-state index in [1.165, 1.54) is 9.13 Å². The minimum Gasteiger partial charge on any atom is -0.361 e. The van der Waals surface area contributed by atoms with Crippen molar-refractivity contribution in [3.05, 3.63) is 110 Å². The first kappa shape index (κ1) is 35.0. The van der Waals surface area contributed by atoms with Crippen molar-refractivity contribution in [2.75, 3.05) is 6.61 Å². The summed E-state index contributed by atoms with van der Waals surface area (Å²) in [6.07, 6.45) is 10.7. The Hall–Kier alpha value is -4.01. The molecule has 1 fully saturated rings. The van der Waals surface area contributed by atoms with Crippen LogP contribution in [0.3, 0.4) is 0 Å². The quantitative estimate of drug-likeness (QED) is 0.179. The molecule has 1 N–H and O–H groups in total. The maximum absolute atomic E-state index is 16.7. The molecule has 2 aromatic carbocycles. The van der Waals surface area contributed by atoms with Crippen molar-refractivity contribution < 1.29 is 13.9 Å². The lowest BCUT2D eigenvalue weighted by Crippen LogP contribution is -2.26. The van der Waals surface area contributed by atoms with Crippen LogP contribution in [-0.4, -0.2) is 52.6 Å². The predicted octanol–water partition coefficient (Wildman–Crippen LogP) is 8.53. The maximum Gasteiger partial charge on any atom is 0.176 e. The highest BCUT2D eigenvalue weighted by Gasteiger charge is 2.36. The summed E-state index contributed by atoms with van der Waals surface area (Å²) in [5.74, 6) is 1.01. The van der Waals surface area contributed by atoms with E-state index < -0.39 is 17.8 Å². The van der Waals surface area contributed by atoms with Gasteiger partial charge in [-0.1, -0.05) is 44.0 Å². The molecule has 6 aromatic rings. The number of H-pyrrole nitrogens is 1. The molecule has 12 heteroatoms. The van der Waals surface area contributed by atoms with E-state index >= 15 is 4.39 Å². The Labute approximate surface area is 316 Å². The summed E-state index contributed by atoms with van der Waals surface area (Å²) in [7, 11) is 1.91. The first-order valence-electron chi connectivity index (χ1n) is 18.2. The fourth-order valence-electron chi connectivity index (χ4n) is 7.81.